The predicted molar refractivity (Wildman–Crippen MR) is 71.5 cm³/mol. The van der Waals surface area contributed by atoms with Crippen molar-refractivity contribution in [1.29, 1.82) is 0 Å². The Kier molecular flexibility index (Phi) is 5.52. The van der Waals surface area contributed by atoms with Crippen LogP contribution in [0.15, 0.2) is 29.1 Å². The molecule has 0 fully saturated rings. The van der Waals surface area contributed by atoms with E-state index in [-0.39, 0.29) is 12.2 Å². The van der Waals surface area contributed by atoms with Crippen molar-refractivity contribution in [2.45, 2.75) is 6.92 Å². The van der Waals surface area contributed by atoms with Gasteiger partial charge < -0.3 is 19.3 Å². The van der Waals surface area contributed by atoms with Gasteiger partial charge in [0.05, 0.1) is 20.8 Å². The third-order valence-electron chi connectivity index (χ3n) is 2.44. The fourth-order valence-corrected chi connectivity index (χ4v) is 1.50. The first-order valence-corrected chi connectivity index (χ1v) is 5.75. The third kappa shape index (κ3) is 3.25. The molecule has 0 saturated heterocycles. The highest BCUT2D eigenvalue weighted by molar-refractivity contribution is 5.95. The minimum atomic E-state index is -0.991. The zero-order valence-corrected chi connectivity index (χ0v) is 11.4. The van der Waals surface area contributed by atoms with Crippen molar-refractivity contribution in [3.63, 3.8) is 0 Å². The maximum atomic E-state index is 11.5. The molecule has 0 aliphatic heterocycles. The second-order valence-electron chi connectivity index (χ2n) is 3.58. The van der Waals surface area contributed by atoms with E-state index in [4.69, 9.17) is 9.47 Å². The molecule has 0 bridgehead atoms. The lowest BCUT2D eigenvalue weighted by molar-refractivity contribution is -0.138. The lowest BCUT2D eigenvalue weighted by Crippen LogP contribution is -2.08. The van der Waals surface area contributed by atoms with E-state index >= 15 is 0 Å². The molecule has 1 aromatic carbocycles. The summed E-state index contributed by atoms with van der Waals surface area (Å²) in [5.41, 5.74) is -0.510. The molecule has 108 valence electrons. The third-order valence-corrected chi connectivity index (χ3v) is 2.44. The SMILES string of the molecule is CCOC(=O)/C(N=O)=C(\O)c1ccc(OC)c(OC)c1. The zero-order valence-electron chi connectivity index (χ0n) is 11.4. The number of nitroso groups, excluding NO2 is 1. The molecule has 7 nitrogen and oxygen atoms in total. The first kappa shape index (κ1) is 15.5. The van der Waals surface area contributed by atoms with E-state index in [9.17, 15) is 14.8 Å². The number of hydrogen-bond donors (Lipinski definition) is 1. The van der Waals surface area contributed by atoms with Crippen molar-refractivity contribution in [1.82, 2.24) is 0 Å². The Labute approximate surface area is 115 Å². The first-order valence-electron chi connectivity index (χ1n) is 5.75. The highest BCUT2D eigenvalue weighted by Crippen LogP contribution is 2.30. The van der Waals surface area contributed by atoms with E-state index in [0.717, 1.165) is 0 Å². The highest BCUT2D eigenvalue weighted by Gasteiger charge is 2.20. The van der Waals surface area contributed by atoms with E-state index in [1.165, 1.54) is 32.4 Å². The number of carbonyl (C=O) groups excluding carboxylic acids is 1. The zero-order chi connectivity index (χ0) is 15.1. The number of nitrogens with zero attached hydrogens (tertiary/aromatic N) is 1. The molecule has 0 atom stereocenters. The molecule has 1 N–H and O–H groups in total. The summed E-state index contributed by atoms with van der Waals surface area (Å²) in [4.78, 5) is 22.2. The first-order chi connectivity index (χ1) is 9.58. The summed E-state index contributed by atoms with van der Waals surface area (Å²) >= 11 is 0. The minimum Gasteiger partial charge on any atom is -0.505 e. The van der Waals surface area contributed by atoms with Crippen molar-refractivity contribution in [3.8, 4) is 11.5 Å². The van der Waals surface area contributed by atoms with Gasteiger partial charge in [-0.1, -0.05) is 0 Å². The van der Waals surface area contributed by atoms with E-state index in [0.29, 0.717) is 11.5 Å². The van der Waals surface area contributed by atoms with Crippen molar-refractivity contribution in [3.05, 3.63) is 34.4 Å². The van der Waals surface area contributed by atoms with Gasteiger partial charge in [0.1, 0.15) is 0 Å². The van der Waals surface area contributed by atoms with Crippen LogP contribution in [0.25, 0.3) is 5.76 Å². The summed E-state index contributed by atoms with van der Waals surface area (Å²) in [6.07, 6.45) is 0. The lowest BCUT2D eigenvalue weighted by atomic mass is 10.1. The molecule has 0 aromatic heterocycles. The molecule has 1 aromatic rings. The minimum absolute atomic E-state index is 0.0665. The van der Waals surface area contributed by atoms with E-state index in [1.54, 1.807) is 6.92 Å². The van der Waals surface area contributed by atoms with Crippen LogP contribution in [0, 0.1) is 4.91 Å². The maximum absolute atomic E-state index is 11.5. The largest absolute Gasteiger partial charge is 0.505 e. The number of aliphatic hydroxyl groups excluding tert-OH is 1. The van der Waals surface area contributed by atoms with Gasteiger partial charge in [0.25, 0.3) is 0 Å². The molecular formula is C13H15NO6. The van der Waals surface area contributed by atoms with Gasteiger partial charge in [-0.05, 0) is 30.3 Å². The monoisotopic (exact) mass is 281 g/mol. The standard InChI is InChI=1S/C13H15NO6/c1-4-20-13(16)11(14-17)12(15)8-5-6-9(18-2)10(7-8)19-3/h5-7,15H,4H2,1-3H3/b12-11+. The second-order valence-corrected chi connectivity index (χ2v) is 3.58. The van der Waals surface area contributed by atoms with Gasteiger partial charge in [-0.2, -0.15) is 0 Å². The Hall–Kier alpha value is -2.57. The molecule has 0 aliphatic carbocycles. The number of carbonyl (C=O) groups is 1. The molecule has 0 unspecified atom stereocenters. The highest BCUT2D eigenvalue weighted by atomic mass is 16.5. The number of esters is 1. The smallest absolute Gasteiger partial charge is 0.364 e. The average Bonchev–Trinajstić information content (AvgIpc) is 2.47. The van der Waals surface area contributed by atoms with Crippen LogP contribution in [0.3, 0.4) is 0 Å². The van der Waals surface area contributed by atoms with Gasteiger partial charge in [0.15, 0.2) is 17.3 Å². The summed E-state index contributed by atoms with van der Waals surface area (Å²) in [5.74, 6) is -0.791. The lowest BCUT2D eigenvalue weighted by Gasteiger charge is -2.09. The molecule has 0 aliphatic rings. The quantitative estimate of drug-likeness (QED) is 0.372. The topological polar surface area (TPSA) is 94.4 Å². The van der Waals surface area contributed by atoms with Crippen molar-refractivity contribution >= 4 is 11.7 Å². The normalized spacial score (nSPS) is 11.3. The van der Waals surface area contributed by atoms with Crippen LogP contribution in [-0.2, 0) is 9.53 Å². The van der Waals surface area contributed by atoms with Crippen LogP contribution >= 0.6 is 0 Å². The fraction of sp³-hybridized carbons (Fsp3) is 0.308. The summed E-state index contributed by atoms with van der Waals surface area (Å²) in [6.45, 7) is 1.64. The molecule has 7 heteroatoms. The summed E-state index contributed by atoms with van der Waals surface area (Å²) in [5, 5.41) is 12.5. The molecule has 0 amide bonds. The van der Waals surface area contributed by atoms with Gasteiger partial charge in [-0.25, -0.2) is 4.79 Å². The molecular weight excluding hydrogens is 266 g/mol. The number of aliphatic hydroxyl groups is 1. The number of methoxy groups -OCH3 is 2. The second kappa shape index (κ2) is 7.13. The van der Waals surface area contributed by atoms with Crippen LogP contribution in [0.2, 0.25) is 0 Å². The Morgan fingerprint density at radius 3 is 2.40 bits per heavy atom. The van der Waals surface area contributed by atoms with Crippen LogP contribution in [0.4, 0.5) is 0 Å². The Morgan fingerprint density at radius 2 is 1.90 bits per heavy atom. The van der Waals surface area contributed by atoms with Crippen LogP contribution < -0.4 is 9.47 Å². The van der Waals surface area contributed by atoms with Gasteiger partial charge in [0, 0.05) is 5.56 Å². The number of rotatable bonds is 6. The van der Waals surface area contributed by atoms with Gasteiger partial charge in [0.2, 0.25) is 5.70 Å². The van der Waals surface area contributed by atoms with Crippen molar-refractivity contribution < 1.29 is 24.1 Å². The number of hydrogen-bond acceptors (Lipinski definition) is 7. The molecule has 0 saturated carbocycles. The molecule has 0 heterocycles. The molecule has 0 spiro atoms. The Morgan fingerprint density at radius 1 is 1.25 bits per heavy atom. The molecule has 20 heavy (non-hydrogen) atoms. The Bertz CT molecular complexity index is 538. The summed E-state index contributed by atoms with van der Waals surface area (Å²) < 4.78 is 14.7. The fourth-order valence-electron chi connectivity index (χ4n) is 1.50. The van der Waals surface area contributed by atoms with Gasteiger partial charge in [-0.15, -0.1) is 4.91 Å². The van der Waals surface area contributed by atoms with Gasteiger partial charge in [-0.3, -0.25) is 0 Å². The van der Waals surface area contributed by atoms with E-state index in [1.807, 2.05) is 0 Å². The van der Waals surface area contributed by atoms with Crippen LogP contribution in [-0.4, -0.2) is 31.9 Å². The molecule has 0 radical (unpaired) electrons. The number of benzene rings is 1. The summed E-state index contributed by atoms with van der Waals surface area (Å²) in [7, 11) is 2.89. The number of ether oxygens (including phenoxy) is 3. The predicted octanol–water partition coefficient (Wildman–Crippen LogP) is 2.26. The molecule has 1 rings (SSSR count). The van der Waals surface area contributed by atoms with Crippen molar-refractivity contribution in [2.24, 2.45) is 5.18 Å². The van der Waals surface area contributed by atoms with Crippen LogP contribution in [0.1, 0.15) is 12.5 Å². The van der Waals surface area contributed by atoms with Crippen LogP contribution in [0.5, 0.6) is 11.5 Å². The van der Waals surface area contributed by atoms with E-state index in [2.05, 4.69) is 9.91 Å². The van der Waals surface area contributed by atoms with E-state index < -0.39 is 17.4 Å². The maximum Gasteiger partial charge on any atom is 0.364 e. The Balaban J connectivity index is 3.27. The average molecular weight is 281 g/mol. The van der Waals surface area contributed by atoms with Gasteiger partial charge >= 0.3 is 5.97 Å². The van der Waals surface area contributed by atoms with Crippen molar-refractivity contribution in [2.75, 3.05) is 20.8 Å². The summed E-state index contributed by atoms with van der Waals surface area (Å²) in [6, 6.07) is 4.40.